The molecule has 1 saturated heterocycles. The van der Waals surface area contributed by atoms with E-state index in [1.807, 2.05) is 14.2 Å². The third kappa shape index (κ3) is 9.05. The van der Waals surface area contributed by atoms with E-state index in [2.05, 4.69) is 15.5 Å². The SMILES string of the molecule is CNCC(CC1CCCCC1)NC(=O)N1CCC[C@@H]([C@H](CCCCOC)C2CCCCC2)C1. The molecule has 33 heavy (non-hydrogen) atoms. The second kappa shape index (κ2) is 15.2. The van der Waals surface area contributed by atoms with Gasteiger partial charge in [-0.25, -0.2) is 4.79 Å². The predicted molar refractivity (Wildman–Crippen MR) is 138 cm³/mol. The zero-order valence-electron chi connectivity index (χ0n) is 21.8. The van der Waals surface area contributed by atoms with E-state index in [-0.39, 0.29) is 12.1 Å². The quantitative estimate of drug-likeness (QED) is 0.350. The Hall–Kier alpha value is -0.810. The van der Waals surface area contributed by atoms with Crippen LogP contribution in [0.4, 0.5) is 4.79 Å². The Balaban J connectivity index is 1.55. The topological polar surface area (TPSA) is 53.6 Å². The first-order valence-corrected chi connectivity index (χ1v) is 14.4. The minimum atomic E-state index is 0.192. The molecule has 1 unspecified atom stereocenters. The fraction of sp³-hybridized carbons (Fsp3) is 0.964. The minimum Gasteiger partial charge on any atom is -0.385 e. The van der Waals surface area contributed by atoms with Crippen LogP contribution in [0.5, 0.6) is 0 Å². The van der Waals surface area contributed by atoms with Crippen LogP contribution in [0.1, 0.15) is 103 Å². The van der Waals surface area contributed by atoms with Crippen molar-refractivity contribution in [2.75, 3.05) is 40.4 Å². The zero-order chi connectivity index (χ0) is 23.3. The molecule has 2 aliphatic carbocycles. The number of ether oxygens (including phenoxy) is 1. The van der Waals surface area contributed by atoms with Crippen molar-refractivity contribution < 1.29 is 9.53 Å². The van der Waals surface area contributed by atoms with Gasteiger partial charge in [-0.15, -0.1) is 0 Å². The third-order valence-corrected chi connectivity index (χ3v) is 8.86. The number of hydrogen-bond donors (Lipinski definition) is 2. The van der Waals surface area contributed by atoms with Gasteiger partial charge in [0.1, 0.15) is 0 Å². The number of urea groups is 1. The van der Waals surface area contributed by atoms with E-state index in [1.165, 1.54) is 96.3 Å². The van der Waals surface area contributed by atoms with Crippen LogP contribution in [0.15, 0.2) is 0 Å². The Bertz CT molecular complexity index is 531. The molecule has 5 heteroatoms. The van der Waals surface area contributed by atoms with Crippen molar-refractivity contribution in [2.24, 2.45) is 23.7 Å². The lowest BCUT2D eigenvalue weighted by Crippen LogP contribution is -2.52. The predicted octanol–water partition coefficient (Wildman–Crippen LogP) is 5.98. The van der Waals surface area contributed by atoms with Gasteiger partial charge >= 0.3 is 6.03 Å². The maximum Gasteiger partial charge on any atom is 0.317 e. The largest absolute Gasteiger partial charge is 0.385 e. The monoisotopic (exact) mass is 463 g/mol. The number of piperidine rings is 1. The van der Waals surface area contributed by atoms with Gasteiger partial charge in [0.2, 0.25) is 0 Å². The molecule has 0 spiro atoms. The van der Waals surface area contributed by atoms with Crippen LogP contribution in [0.3, 0.4) is 0 Å². The number of hydrogen-bond acceptors (Lipinski definition) is 3. The molecule has 0 radical (unpaired) electrons. The van der Waals surface area contributed by atoms with Crippen molar-refractivity contribution in [3.05, 3.63) is 0 Å². The first kappa shape index (κ1) is 26.8. The maximum absolute atomic E-state index is 13.3. The molecule has 0 aromatic heterocycles. The molecule has 0 aromatic carbocycles. The summed E-state index contributed by atoms with van der Waals surface area (Å²) in [4.78, 5) is 15.5. The van der Waals surface area contributed by atoms with Crippen molar-refractivity contribution in [1.82, 2.24) is 15.5 Å². The van der Waals surface area contributed by atoms with Crippen LogP contribution in [-0.2, 0) is 4.74 Å². The number of likely N-dealkylation sites (tertiary alicyclic amines) is 1. The highest BCUT2D eigenvalue weighted by atomic mass is 16.5. The average Bonchev–Trinajstić information content (AvgIpc) is 2.85. The molecule has 1 aliphatic heterocycles. The number of nitrogens with zero attached hydrogens (tertiary/aromatic N) is 1. The van der Waals surface area contributed by atoms with E-state index >= 15 is 0 Å². The Morgan fingerprint density at radius 2 is 1.64 bits per heavy atom. The van der Waals surface area contributed by atoms with Gasteiger partial charge in [-0.2, -0.15) is 0 Å². The van der Waals surface area contributed by atoms with E-state index in [1.54, 1.807) is 0 Å². The highest BCUT2D eigenvalue weighted by Crippen LogP contribution is 2.40. The molecule has 192 valence electrons. The van der Waals surface area contributed by atoms with Crippen molar-refractivity contribution in [1.29, 1.82) is 0 Å². The summed E-state index contributed by atoms with van der Waals surface area (Å²) in [6, 6.07) is 0.451. The second-order valence-corrected chi connectivity index (χ2v) is 11.3. The highest BCUT2D eigenvalue weighted by Gasteiger charge is 2.34. The maximum atomic E-state index is 13.3. The summed E-state index contributed by atoms with van der Waals surface area (Å²) in [7, 11) is 3.82. The molecule has 0 bridgehead atoms. The van der Waals surface area contributed by atoms with E-state index < -0.39 is 0 Å². The molecule has 3 fully saturated rings. The van der Waals surface area contributed by atoms with Gasteiger partial charge in [-0.1, -0.05) is 70.6 Å². The Labute approximate surface area is 204 Å². The molecule has 5 nitrogen and oxygen atoms in total. The van der Waals surface area contributed by atoms with Crippen molar-refractivity contribution in [3.8, 4) is 0 Å². The molecular formula is C28H53N3O2. The molecule has 3 rings (SSSR count). The van der Waals surface area contributed by atoms with Crippen LogP contribution in [0.2, 0.25) is 0 Å². The van der Waals surface area contributed by atoms with E-state index in [0.29, 0.717) is 5.92 Å². The van der Waals surface area contributed by atoms with E-state index in [9.17, 15) is 4.79 Å². The zero-order valence-corrected chi connectivity index (χ0v) is 21.8. The van der Waals surface area contributed by atoms with Crippen LogP contribution in [0, 0.1) is 23.7 Å². The number of amides is 2. The standard InChI is InChI=1S/C28H53N3O2/c1-29-21-26(20-23-12-5-3-6-13-23)30-28(32)31-18-11-16-25(22-31)27(17-9-10-19-33-2)24-14-7-4-8-15-24/h23-27,29H,3-22H2,1-2H3,(H,30,32)/t25-,26?,27-/m1/s1. The molecule has 0 aromatic rings. The fourth-order valence-corrected chi connectivity index (χ4v) is 7.12. The molecular weight excluding hydrogens is 410 g/mol. The first-order chi connectivity index (χ1) is 16.2. The summed E-state index contributed by atoms with van der Waals surface area (Å²) in [6.45, 7) is 3.65. The van der Waals surface area contributed by atoms with Crippen LogP contribution < -0.4 is 10.6 Å². The Kier molecular flexibility index (Phi) is 12.4. The van der Waals surface area contributed by atoms with Crippen molar-refractivity contribution in [3.63, 3.8) is 0 Å². The van der Waals surface area contributed by atoms with Gasteiger partial charge in [0.05, 0.1) is 0 Å². The van der Waals surface area contributed by atoms with Crippen LogP contribution >= 0.6 is 0 Å². The minimum absolute atomic E-state index is 0.192. The summed E-state index contributed by atoms with van der Waals surface area (Å²) >= 11 is 0. The number of nitrogens with one attached hydrogen (secondary N) is 2. The van der Waals surface area contributed by atoms with Gasteiger partial charge in [0.15, 0.2) is 0 Å². The smallest absolute Gasteiger partial charge is 0.317 e. The Morgan fingerprint density at radius 1 is 0.939 bits per heavy atom. The molecule has 3 atom stereocenters. The van der Waals surface area contributed by atoms with Crippen molar-refractivity contribution >= 4 is 6.03 Å². The normalized spacial score (nSPS) is 25.0. The molecule has 2 amide bonds. The number of carbonyl (C=O) groups excluding carboxylic acids is 1. The van der Waals surface area contributed by atoms with Gasteiger partial charge < -0.3 is 20.3 Å². The second-order valence-electron chi connectivity index (χ2n) is 11.3. The summed E-state index contributed by atoms with van der Waals surface area (Å²) in [5.74, 6) is 3.12. The van der Waals surface area contributed by atoms with Gasteiger partial charge in [-0.3, -0.25) is 0 Å². The van der Waals surface area contributed by atoms with Gasteiger partial charge in [0, 0.05) is 39.4 Å². The number of unbranched alkanes of at least 4 members (excludes halogenated alkanes) is 1. The number of carbonyl (C=O) groups is 1. The molecule has 2 N–H and O–H groups in total. The number of rotatable bonds is 12. The van der Waals surface area contributed by atoms with Crippen molar-refractivity contribution in [2.45, 2.75) is 109 Å². The average molecular weight is 464 g/mol. The van der Waals surface area contributed by atoms with Crippen LogP contribution in [0.25, 0.3) is 0 Å². The Morgan fingerprint density at radius 3 is 2.33 bits per heavy atom. The molecule has 1 heterocycles. The lowest BCUT2D eigenvalue weighted by atomic mass is 9.70. The first-order valence-electron chi connectivity index (χ1n) is 14.4. The van der Waals surface area contributed by atoms with E-state index in [4.69, 9.17) is 4.74 Å². The number of methoxy groups -OCH3 is 1. The highest BCUT2D eigenvalue weighted by molar-refractivity contribution is 5.74. The summed E-state index contributed by atoms with van der Waals surface area (Å²) in [6.07, 6.45) is 21.2. The van der Waals surface area contributed by atoms with E-state index in [0.717, 1.165) is 50.4 Å². The lowest BCUT2D eigenvalue weighted by molar-refractivity contribution is 0.0908. The summed E-state index contributed by atoms with van der Waals surface area (Å²) < 4.78 is 5.31. The molecule has 2 saturated carbocycles. The van der Waals surface area contributed by atoms with Crippen LogP contribution in [-0.4, -0.2) is 57.4 Å². The lowest BCUT2D eigenvalue weighted by Gasteiger charge is -2.42. The summed E-state index contributed by atoms with van der Waals surface area (Å²) in [5.41, 5.74) is 0. The van der Waals surface area contributed by atoms with Gasteiger partial charge in [0.25, 0.3) is 0 Å². The fourth-order valence-electron chi connectivity index (χ4n) is 7.12. The molecule has 3 aliphatic rings. The third-order valence-electron chi connectivity index (χ3n) is 8.86. The van der Waals surface area contributed by atoms with Gasteiger partial charge in [-0.05, 0) is 62.8 Å². The summed E-state index contributed by atoms with van der Waals surface area (Å²) in [5, 5.41) is 6.77. The number of likely N-dealkylation sites (N-methyl/N-ethyl adjacent to an activating group) is 1.